The van der Waals surface area contributed by atoms with Gasteiger partial charge < -0.3 is 9.47 Å². The molecule has 0 bridgehead atoms. The molecule has 2 aliphatic heterocycles. The number of nitrogens with one attached hydrogen (secondary N) is 1. The summed E-state index contributed by atoms with van der Waals surface area (Å²) in [6, 6.07) is 0.270. The standard InChI is InChI=1S/C14H28N2O2/c1-9-6-10(8-17-9)12(16-15)11-7-13(2,3)18-14(11,4)5/h9-12,16H,6-8,15H2,1-5H3. The highest BCUT2D eigenvalue weighted by molar-refractivity contribution is 5.01. The van der Waals surface area contributed by atoms with Crippen LogP contribution >= 0.6 is 0 Å². The summed E-state index contributed by atoms with van der Waals surface area (Å²) in [7, 11) is 0. The molecule has 4 unspecified atom stereocenters. The first kappa shape index (κ1) is 14.3. The van der Waals surface area contributed by atoms with E-state index in [2.05, 4.69) is 40.0 Å². The van der Waals surface area contributed by atoms with Crippen molar-refractivity contribution in [3.8, 4) is 0 Å². The monoisotopic (exact) mass is 256 g/mol. The molecule has 0 saturated carbocycles. The first-order valence-corrected chi connectivity index (χ1v) is 7.03. The van der Waals surface area contributed by atoms with E-state index in [0.29, 0.717) is 17.9 Å². The number of rotatable bonds is 3. The van der Waals surface area contributed by atoms with Gasteiger partial charge in [-0.1, -0.05) is 0 Å². The quantitative estimate of drug-likeness (QED) is 0.597. The molecular weight excluding hydrogens is 228 g/mol. The molecule has 0 radical (unpaired) electrons. The van der Waals surface area contributed by atoms with Crippen molar-refractivity contribution in [2.24, 2.45) is 17.7 Å². The molecule has 2 rings (SSSR count). The van der Waals surface area contributed by atoms with Gasteiger partial charge in [-0.3, -0.25) is 11.3 Å². The van der Waals surface area contributed by atoms with Crippen LogP contribution in [0.5, 0.6) is 0 Å². The third-order valence-corrected chi connectivity index (χ3v) is 4.51. The Hall–Kier alpha value is -0.160. The molecule has 4 atom stereocenters. The van der Waals surface area contributed by atoms with E-state index in [-0.39, 0.29) is 17.2 Å². The van der Waals surface area contributed by atoms with Crippen molar-refractivity contribution in [3.63, 3.8) is 0 Å². The second-order valence-corrected chi connectivity index (χ2v) is 7.11. The van der Waals surface area contributed by atoms with E-state index in [1.807, 2.05) is 0 Å². The van der Waals surface area contributed by atoms with Crippen LogP contribution in [0.2, 0.25) is 0 Å². The highest BCUT2D eigenvalue weighted by Gasteiger charge is 2.51. The average molecular weight is 256 g/mol. The zero-order valence-electron chi connectivity index (χ0n) is 12.3. The summed E-state index contributed by atoms with van der Waals surface area (Å²) in [6.07, 6.45) is 2.48. The Morgan fingerprint density at radius 3 is 2.33 bits per heavy atom. The van der Waals surface area contributed by atoms with Gasteiger partial charge >= 0.3 is 0 Å². The lowest BCUT2D eigenvalue weighted by Gasteiger charge is -2.35. The molecule has 3 N–H and O–H groups in total. The van der Waals surface area contributed by atoms with Crippen LogP contribution < -0.4 is 11.3 Å². The highest BCUT2D eigenvalue weighted by atomic mass is 16.5. The fourth-order valence-electron chi connectivity index (χ4n) is 3.85. The van der Waals surface area contributed by atoms with Crippen molar-refractivity contribution in [3.05, 3.63) is 0 Å². The van der Waals surface area contributed by atoms with Crippen LogP contribution in [0, 0.1) is 11.8 Å². The van der Waals surface area contributed by atoms with Gasteiger partial charge in [-0.25, -0.2) is 0 Å². The summed E-state index contributed by atoms with van der Waals surface area (Å²) < 4.78 is 11.9. The van der Waals surface area contributed by atoms with E-state index in [0.717, 1.165) is 19.4 Å². The predicted octanol–water partition coefficient (Wildman–Crippen LogP) is 1.84. The van der Waals surface area contributed by atoms with E-state index >= 15 is 0 Å². The lowest BCUT2D eigenvalue weighted by Crippen LogP contribution is -2.51. The van der Waals surface area contributed by atoms with Crippen LogP contribution in [0.15, 0.2) is 0 Å². The smallest absolute Gasteiger partial charge is 0.0678 e. The van der Waals surface area contributed by atoms with Crippen LogP contribution in [-0.2, 0) is 9.47 Å². The third-order valence-electron chi connectivity index (χ3n) is 4.51. The maximum absolute atomic E-state index is 6.18. The molecular formula is C14H28N2O2. The van der Waals surface area contributed by atoms with Crippen molar-refractivity contribution in [2.75, 3.05) is 6.61 Å². The first-order valence-electron chi connectivity index (χ1n) is 7.03. The van der Waals surface area contributed by atoms with Gasteiger partial charge in [0.1, 0.15) is 0 Å². The lowest BCUT2D eigenvalue weighted by atomic mass is 9.76. The molecule has 0 spiro atoms. The first-order chi connectivity index (χ1) is 8.25. The van der Waals surface area contributed by atoms with Crippen molar-refractivity contribution in [1.29, 1.82) is 0 Å². The number of hydrogen-bond acceptors (Lipinski definition) is 4. The zero-order valence-corrected chi connectivity index (χ0v) is 12.3. The molecule has 0 aromatic rings. The van der Waals surface area contributed by atoms with E-state index in [1.165, 1.54) is 0 Å². The Balaban J connectivity index is 2.13. The van der Waals surface area contributed by atoms with E-state index in [4.69, 9.17) is 15.3 Å². The van der Waals surface area contributed by atoms with Crippen LogP contribution in [-0.4, -0.2) is 30.0 Å². The summed E-state index contributed by atoms with van der Waals surface area (Å²) in [6.45, 7) is 11.6. The summed E-state index contributed by atoms with van der Waals surface area (Å²) in [5.41, 5.74) is 2.85. The SMILES string of the molecule is CC1CC(C(NN)C2CC(C)(C)OC2(C)C)CO1. The van der Waals surface area contributed by atoms with E-state index in [1.54, 1.807) is 0 Å². The highest BCUT2D eigenvalue weighted by Crippen LogP contribution is 2.45. The maximum Gasteiger partial charge on any atom is 0.0678 e. The maximum atomic E-state index is 6.18. The van der Waals surface area contributed by atoms with E-state index in [9.17, 15) is 0 Å². The van der Waals surface area contributed by atoms with Crippen LogP contribution in [0.4, 0.5) is 0 Å². The van der Waals surface area contributed by atoms with Crippen LogP contribution in [0.1, 0.15) is 47.5 Å². The van der Waals surface area contributed by atoms with Crippen molar-refractivity contribution < 1.29 is 9.47 Å². The number of hydrazine groups is 1. The summed E-state index contributed by atoms with van der Waals surface area (Å²) in [4.78, 5) is 0. The second-order valence-electron chi connectivity index (χ2n) is 7.11. The molecule has 2 saturated heterocycles. The molecule has 0 aromatic heterocycles. The van der Waals surface area contributed by atoms with Gasteiger partial charge in [0.05, 0.1) is 23.9 Å². The zero-order chi connectivity index (χ0) is 13.6. The van der Waals surface area contributed by atoms with Gasteiger partial charge in [0, 0.05) is 17.9 Å². The second kappa shape index (κ2) is 4.75. The lowest BCUT2D eigenvalue weighted by molar-refractivity contribution is -0.0797. The Morgan fingerprint density at radius 2 is 1.94 bits per heavy atom. The normalized spacial score (nSPS) is 40.0. The number of hydrogen-bond donors (Lipinski definition) is 2. The minimum Gasteiger partial charge on any atom is -0.378 e. The van der Waals surface area contributed by atoms with Gasteiger partial charge in [-0.15, -0.1) is 0 Å². The molecule has 0 amide bonds. The number of nitrogens with two attached hydrogens (primary N) is 1. The van der Waals surface area contributed by atoms with Crippen molar-refractivity contribution >= 4 is 0 Å². The van der Waals surface area contributed by atoms with Crippen molar-refractivity contribution in [1.82, 2.24) is 5.43 Å². The topological polar surface area (TPSA) is 56.5 Å². The summed E-state index contributed by atoms with van der Waals surface area (Å²) in [5, 5.41) is 0. The van der Waals surface area contributed by atoms with Gasteiger partial charge in [0.15, 0.2) is 0 Å². The molecule has 2 fully saturated rings. The third kappa shape index (κ3) is 2.72. The van der Waals surface area contributed by atoms with Gasteiger partial charge in [-0.05, 0) is 47.5 Å². The fraction of sp³-hybridized carbons (Fsp3) is 1.00. The number of ether oxygens (including phenoxy) is 2. The molecule has 2 aliphatic rings. The van der Waals surface area contributed by atoms with Gasteiger partial charge in [0.25, 0.3) is 0 Å². The Labute approximate surface area is 111 Å². The minimum absolute atomic E-state index is 0.0612. The molecule has 4 heteroatoms. The predicted molar refractivity (Wildman–Crippen MR) is 72.0 cm³/mol. The van der Waals surface area contributed by atoms with Gasteiger partial charge in [-0.2, -0.15) is 0 Å². The summed E-state index contributed by atoms with van der Waals surface area (Å²) >= 11 is 0. The van der Waals surface area contributed by atoms with Gasteiger partial charge in [0.2, 0.25) is 0 Å². The minimum atomic E-state index is -0.133. The van der Waals surface area contributed by atoms with Crippen LogP contribution in [0.25, 0.3) is 0 Å². The van der Waals surface area contributed by atoms with E-state index < -0.39 is 0 Å². The van der Waals surface area contributed by atoms with Crippen LogP contribution in [0.3, 0.4) is 0 Å². The molecule has 2 heterocycles. The molecule has 106 valence electrons. The summed E-state index contributed by atoms with van der Waals surface area (Å²) in [5.74, 6) is 6.75. The average Bonchev–Trinajstić information content (AvgIpc) is 2.70. The Kier molecular flexibility index (Phi) is 3.76. The van der Waals surface area contributed by atoms with Crippen molar-refractivity contribution in [2.45, 2.75) is 70.8 Å². The molecule has 18 heavy (non-hydrogen) atoms. The molecule has 0 aliphatic carbocycles. The molecule has 4 nitrogen and oxygen atoms in total. The Bertz CT molecular complexity index is 304. The largest absolute Gasteiger partial charge is 0.378 e. The molecule has 0 aromatic carbocycles. The Morgan fingerprint density at radius 1 is 1.28 bits per heavy atom. The fourth-order valence-corrected chi connectivity index (χ4v) is 3.85.